The first-order valence-corrected chi connectivity index (χ1v) is 11.7. The molecule has 34 heavy (non-hydrogen) atoms. The lowest BCUT2D eigenvalue weighted by molar-refractivity contribution is -0.192. The van der Waals surface area contributed by atoms with Crippen LogP contribution in [0.25, 0.3) is 10.2 Å². The van der Waals surface area contributed by atoms with Crippen LogP contribution < -0.4 is 16.4 Å². The first kappa shape index (κ1) is 25.6. The lowest BCUT2D eigenvalue weighted by atomic mass is 10.1. The van der Waals surface area contributed by atoms with Crippen LogP contribution in [0.3, 0.4) is 0 Å². The van der Waals surface area contributed by atoms with Crippen LogP contribution in [0.5, 0.6) is 0 Å². The zero-order valence-corrected chi connectivity index (χ0v) is 19.5. The number of thiazole rings is 1. The summed E-state index contributed by atoms with van der Waals surface area (Å²) >= 11 is 3.09. The number of nitrogens with zero attached hydrogens (tertiary/aromatic N) is 1. The van der Waals surface area contributed by atoms with Gasteiger partial charge in [0.15, 0.2) is 0 Å². The number of aromatic nitrogens is 1. The predicted octanol–water partition coefficient (Wildman–Crippen LogP) is 3.87. The van der Waals surface area contributed by atoms with Crippen molar-refractivity contribution in [2.45, 2.75) is 38.4 Å². The summed E-state index contributed by atoms with van der Waals surface area (Å²) in [5.74, 6) is -3.42. The number of hydrogen-bond acceptors (Lipinski definition) is 7. The molecule has 4 rings (SSSR count). The van der Waals surface area contributed by atoms with Gasteiger partial charge in [-0.25, -0.2) is 9.78 Å². The minimum absolute atomic E-state index is 0.0443. The number of alkyl halides is 3. The van der Waals surface area contributed by atoms with Crippen molar-refractivity contribution in [3.8, 4) is 0 Å². The quantitative estimate of drug-likeness (QED) is 0.395. The SMILES string of the molecule is CC(NCC(=O)Nc1sc2c(c1C(N)=O)CCC2)c1nc2ccccc2s1.O=C(O)C(F)(F)F. The fourth-order valence-corrected chi connectivity index (χ4v) is 5.64. The minimum Gasteiger partial charge on any atom is -0.475 e. The number of thiophene rings is 1. The van der Waals surface area contributed by atoms with Crippen molar-refractivity contribution in [2.24, 2.45) is 5.73 Å². The number of para-hydroxylation sites is 1. The van der Waals surface area contributed by atoms with E-state index in [9.17, 15) is 22.8 Å². The normalized spacial score (nSPS) is 13.6. The Morgan fingerprint density at radius 1 is 1.21 bits per heavy atom. The molecule has 1 aromatic carbocycles. The highest BCUT2D eigenvalue weighted by Crippen LogP contribution is 2.38. The van der Waals surface area contributed by atoms with Crippen LogP contribution in [-0.2, 0) is 22.4 Å². The number of anilines is 1. The average Bonchev–Trinajstić information content (AvgIpc) is 3.45. The number of carboxylic acid groups (broad SMARTS) is 1. The number of aryl methyl sites for hydroxylation is 1. The molecule has 8 nitrogen and oxygen atoms in total. The van der Waals surface area contributed by atoms with Crippen molar-refractivity contribution in [2.75, 3.05) is 11.9 Å². The number of carbonyl (C=O) groups is 3. The average molecular weight is 515 g/mol. The number of halogens is 3. The second-order valence-electron chi connectivity index (χ2n) is 7.40. The Hall–Kier alpha value is -3.03. The molecule has 0 saturated heterocycles. The zero-order chi connectivity index (χ0) is 25.0. The Bertz CT molecular complexity index is 1190. The van der Waals surface area contributed by atoms with Crippen molar-refractivity contribution in [1.82, 2.24) is 10.3 Å². The highest BCUT2D eigenvalue weighted by atomic mass is 32.1. The maximum atomic E-state index is 12.4. The number of nitrogens with two attached hydrogens (primary N) is 1. The van der Waals surface area contributed by atoms with Gasteiger partial charge < -0.3 is 16.2 Å². The Morgan fingerprint density at radius 2 is 1.88 bits per heavy atom. The van der Waals surface area contributed by atoms with Gasteiger partial charge in [-0.3, -0.25) is 14.9 Å². The molecular formula is C21H21F3N4O4S2. The number of aliphatic carboxylic acids is 1. The number of hydrogen-bond donors (Lipinski definition) is 4. The van der Waals surface area contributed by atoms with E-state index in [1.165, 1.54) is 11.3 Å². The molecule has 2 aromatic heterocycles. The number of carboxylic acids is 1. The molecule has 1 aliphatic carbocycles. The van der Waals surface area contributed by atoms with Gasteiger partial charge in [-0.2, -0.15) is 13.2 Å². The molecule has 2 amide bonds. The van der Waals surface area contributed by atoms with Gasteiger partial charge in [0.05, 0.1) is 28.4 Å². The first-order valence-electron chi connectivity index (χ1n) is 10.1. The monoisotopic (exact) mass is 514 g/mol. The van der Waals surface area contributed by atoms with E-state index in [-0.39, 0.29) is 18.5 Å². The van der Waals surface area contributed by atoms with E-state index in [1.807, 2.05) is 31.2 Å². The van der Waals surface area contributed by atoms with E-state index in [2.05, 4.69) is 15.6 Å². The molecule has 0 fully saturated rings. The fraction of sp³-hybridized carbons (Fsp3) is 0.333. The standard InChI is InChI=1S/C19H20N4O2S2.C2HF3O2/c1-10(18-22-12-6-2-3-7-14(12)27-18)21-9-15(24)23-19-16(17(20)25)11-5-4-8-13(11)26-19;3-2(4,5)1(6)7/h2-3,6-7,10,21H,4-5,8-9H2,1H3,(H2,20,25)(H,23,24);(H,6,7). The van der Waals surface area contributed by atoms with E-state index < -0.39 is 18.1 Å². The lowest BCUT2D eigenvalue weighted by Gasteiger charge is -2.11. The number of primary amides is 1. The van der Waals surface area contributed by atoms with E-state index in [4.69, 9.17) is 15.6 Å². The van der Waals surface area contributed by atoms with Gasteiger partial charge in [0, 0.05) is 4.88 Å². The van der Waals surface area contributed by atoms with Crippen molar-refractivity contribution < 1.29 is 32.7 Å². The molecule has 1 aliphatic rings. The molecule has 0 bridgehead atoms. The number of amides is 2. The molecule has 0 aliphatic heterocycles. The third kappa shape index (κ3) is 6.10. The first-order chi connectivity index (χ1) is 16.0. The van der Waals surface area contributed by atoms with Crippen molar-refractivity contribution in [3.05, 3.63) is 45.3 Å². The Balaban J connectivity index is 0.000000406. The van der Waals surface area contributed by atoms with Crippen LogP contribution >= 0.6 is 22.7 Å². The summed E-state index contributed by atoms with van der Waals surface area (Å²) in [4.78, 5) is 38.9. The molecule has 182 valence electrons. The summed E-state index contributed by atoms with van der Waals surface area (Å²) < 4.78 is 32.9. The zero-order valence-electron chi connectivity index (χ0n) is 17.9. The number of fused-ring (bicyclic) bond motifs is 2. The van der Waals surface area contributed by atoms with Crippen molar-refractivity contribution in [1.29, 1.82) is 0 Å². The number of rotatable bonds is 6. The summed E-state index contributed by atoms with van der Waals surface area (Å²) in [7, 11) is 0. The molecular weight excluding hydrogens is 493 g/mol. The van der Waals surface area contributed by atoms with Crippen LogP contribution in [0.4, 0.5) is 18.2 Å². The van der Waals surface area contributed by atoms with Gasteiger partial charge in [-0.1, -0.05) is 12.1 Å². The van der Waals surface area contributed by atoms with Crippen LogP contribution in [0.15, 0.2) is 24.3 Å². The summed E-state index contributed by atoms with van der Waals surface area (Å²) in [5, 5.41) is 14.7. The lowest BCUT2D eigenvalue weighted by Crippen LogP contribution is -2.30. The third-order valence-electron chi connectivity index (χ3n) is 4.91. The number of carbonyl (C=O) groups excluding carboxylic acids is 2. The largest absolute Gasteiger partial charge is 0.490 e. The Morgan fingerprint density at radius 3 is 2.50 bits per heavy atom. The highest BCUT2D eigenvalue weighted by molar-refractivity contribution is 7.18. The van der Waals surface area contributed by atoms with Crippen LogP contribution in [0.1, 0.15) is 45.2 Å². The number of benzene rings is 1. The highest BCUT2D eigenvalue weighted by Gasteiger charge is 2.38. The van der Waals surface area contributed by atoms with E-state index in [0.717, 1.165) is 44.9 Å². The number of nitrogens with one attached hydrogen (secondary N) is 2. The Labute approximate surface area is 200 Å². The summed E-state index contributed by atoms with van der Waals surface area (Å²) in [5.41, 5.74) is 8.00. The summed E-state index contributed by atoms with van der Waals surface area (Å²) in [6.07, 6.45) is -2.24. The topological polar surface area (TPSA) is 134 Å². The molecule has 1 unspecified atom stereocenters. The van der Waals surface area contributed by atoms with Gasteiger partial charge in [-0.15, -0.1) is 22.7 Å². The molecule has 3 aromatic rings. The second-order valence-corrected chi connectivity index (χ2v) is 9.57. The smallest absolute Gasteiger partial charge is 0.475 e. The van der Waals surface area contributed by atoms with Gasteiger partial charge in [0.2, 0.25) is 5.91 Å². The van der Waals surface area contributed by atoms with Gasteiger partial charge in [0.1, 0.15) is 10.0 Å². The van der Waals surface area contributed by atoms with Gasteiger partial charge in [0.25, 0.3) is 5.91 Å². The molecule has 0 spiro atoms. The summed E-state index contributed by atoms with van der Waals surface area (Å²) in [6.45, 7) is 2.12. The molecule has 0 radical (unpaired) electrons. The fourth-order valence-electron chi connectivity index (χ4n) is 3.33. The molecule has 13 heteroatoms. The van der Waals surface area contributed by atoms with Crippen molar-refractivity contribution >= 4 is 55.7 Å². The maximum absolute atomic E-state index is 12.4. The van der Waals surface area contributed by atoms with E-state index in [1.54, 1.807) is 11.3 Å². The minimum atomic E-state index is -5.08. The van der Waals surface area contributed by atoms with Gasteiger partial charge in [-0.05, 0) is 43.9 Å². The van der Waals surface area contributed by atoms with Crippen molar-refractivity contribution in [3.63, 3.8) is 0 Å². The third-order valence-corrected chi connectivity index (χ3v) is 7.34. The van der Waals surface area contributed by atoms with Crippen LogP contribution in [0.2, 0.25) is 0 Å². The predicted molar refractivity (Wildman–Crippen MR) is 123 cm³/mol. The molecule has 0 saturated carbocycles. The van der Waals surface area contributed by atoms with Crippen LogP contribution in [0, 0.1) is 0 Å². The van der Waals surface area contributed by atoms with E-state index >= 15 is 0 Å². The Kier molecular flexibility index (Phi) is 7.89. The molecule has 2 heterocycles. The van der Waals surface area contributed by atoms with Gasteiger partial charge >= 0.3 is 12.1 Å². The molecule has 1 atom stereocenters. The van der Waals surface area contributed by atoms with E-state index in [0.29, 0.717) is 10.6 Å². The van der Waals surface area contributed by atoms with Crippen LogP contribution in [-0.4, -0.2) is 40.6 Å². The summed E-state index contributed by atoms with van der Waals surface area (Å²) in [6, 6.07) is 7.93. The maximum Gasteiger partial charge on any atom is 0.490 e. The second kappa shape index (κ2) is 10.5. The molecule has 5 N–H and O–H groups in total.